The Kier molecular flexibility index (Phi) is 8.40. The number of rotatable bonds is 7. The minimum absolute atomic E-state index is 0.0314. The number of hydrazone groups is 1. The Hall–Kier alpha value is -3.42. The molecule has 8 heteroatoms. The average molecular weight is 526 g/mol. The second-order valence-corrected chi connectivity index (χ2v) is 8.55. The van der Waals surface area contributed by atoms with Crippen molar-refractivity contribution < 1.29 is 9.59 Å². The van der Waals surface area contributed by atoms with Gasteiger partial charge in [0.1, 0.15) is 5.70 Å². The molecule has 2 amide bonds. The Labute approximate surface area is 206 Å². The molecule has 0 fully saturated rings. The van der Waals surface area contributed by atoms with E-state index in [4.69, 9.17) is 11.6 Å². The lowest BCUT2D eigenvalue weighted by molar-refractivity contribution is -0.117. The van der Waals surface area contributed by atoms with Crippen molar-refractivity contribution in [1.29, 1.82) is 0 Å². The van der Waals surface area contributed by atoms with Crippen molar-refractivity contribution >= 4 is 57.3 Å². The molecule has 0 spiro atoms. The molecule has 0 atom stereocenters. The molecule has 0 radical (unpaired) electrons. The molecule has 3 aromatic rings. The quantitative estimate of drug-likeness (QED) is 0.256. The second kappa shape index (κ2) is 11.4. The zero-order chi connectivity index (χ0) is 23.8. The molecule has 0 heterocycles. The molecule has 0 aliphatic rings. The van der Waals surface area contributed by atoms with Gasteiger partial charge in [0.2, 0.25) is 0 Å². The smallest absolute Gasteiger partial charge is 0.287 e. The van der Waals surface area contributed by atoms with Crippen LogP contribution in [0.15, 0.2) is 88.1 Å². The van der Waals surface area contributed by atoms with E-state index in [2.05, 4.69) is 31.8 Å². The SMILES string of the molecule is CN(C)c1ccc(/C=C(\NC(=O)c2ccccc2Cl)C(=O)NN=Cc2cccc(Br)c2)cc1. The van der Waals surface area contributed by atoms with E-state index in [1.54, 1.807) is 30.3 Å². The Morgan fingerprint density at radius 3 is 2.36 bits per heavy atom. The zero-order valence-corrected chi connectivity index (χ0v) is 20.4. The van der Waals surface area contributed by atoms with Crippen LogP contribution in [0.4, 0.5) is 5.69 Å². The Morgan fingerprint density at radius 1 is 0.970 bits per heavy atom. The summed E-state index contributed by atoms with van der Waals surface area (Å²) in [6, 6.07) is 21.6. The van der Waals surface area contributed by atoms with Crippen LogP contribution >= 0.6 is 27.5 Å². The molecule has 3 rings (SSSR count). The number of carbonyl (C=O) groups excluding carboxylic acids is 2. The van der Waals surface area contributed by atoms with Gasteiger partial charge in [-0.25, -0.2) is 5.43 Å². The van der Waals surface area contributed by atoms with Crippen LogP contribution in [0.1, 0.15) is 21.5 Å². The number of hydrogen-bond acceptors (Lipinski definition) is 4. The van der Waals surface area contributed by atoms with Crippen LogP contribution < -0.4 is 15.6 Å². The Balaban J connectivity index is 1.84. The largest absolute Gasteiger partial charge is 0.378 e. The highest BCUT2D eigenvalue weighted by atomic mass is 79.9. The molecule has 3 aromatic carbocycles. The highest BCUT2D eigenvalue weighted by molar-refractivity contribution is 9.10. The van der Waals surface area contributed by atoms with Gasteiger partial charge in [-0.2, -0.15) is 5.10 Å². The topological polar surface area (TPSA) is 73.8 Å². The third-order valence-corrected chi connectivity index (χ3v) is 5.38. The van der Waals surface area contributed by atoms with Gasteiger partial charge in [-0.15, -0.1) is 0 Å². The van der Waals surface area contributed by atoms with Crippen LogP contribution in [0.5, 0.6) is 0 Å². The Bertz CT molecular complexity index is 1210. The minimum atomic E-state index is -0.571. The van der Waals surface area contributed by atoms with Crippen LogP contribution in [0.2, 0.25) is 5.02 Å². The summed E-state index contributed by atoms with van der Waals surface area (Å²) in [5.74, 6) is -1.07. The molecule has 0 aliphatic carbocycles. The van der Waals surface area contributed by atoms with Gasteiger partial charge < -0.3 is 10.2 Å². The minimum Gasteiger partial charge on any atom is -0.378 e. The summed E-state index contributed by atoms with van der Waals surface area (Å²) < 4.78 is 0.895. The van der Waals surface area contributed by atoms with Gasteiger partial charge in [-0.3, -0.25) is 9.59 Å². The third-order valence-electron chi connectivity index (χ3n) is 4.56. The number of halogens is 2. The number of benzene rings is 3. The molecule has 2 N–H and O–H groups in total. The lowest BCUT2D eigenvalue weighted by Gasteiger charge is -2.13. The van der Waals surface area contributed by atoms with E-state index in [1.165, 1.54) is 6.21 Å². The molecule has 168 valence electrons. The summed E-state index contributed by atoms with van der Waals surface area (Å²) in [5.41, 5.74) is 5.31. The van der Waals surface area contributed by atoms with Crippen LogP contribution in [0, 0.1) is 0 Å². The standard InChI is InChI=1S/C25H22BrClN4O2/c1-31(2)20-12-10-17(11-13-20)15-23(29-24(32)21-8-3-4-9-22(21)27)25(33)30-28-16-18-6-5-7-19(26)14-18/h3-16H,1-2H3,(H,29,32)(H,30,33)/b23-15-,28-16?. The van der Waals surface area contributed by atoms with E-state index in [1.807, 2.05) is 67.5 Å². The van der Waals surface area contributed by atoms with E-state index >= 15 is 0 Å². The summed E-state index contributed by atoms with van der Waals surface area (Å²) in [5, 5.41) is 6.95. The van der Waals surface area contributed by atoms with Crippen molar-refractivity contribution in [2.45, 2.75) is 0 Å². The van der Waals surface area contributed by atoms with Crippen molar-refractivity contribution in [2.75, 3.05) is 19.0 Å². The molecule has 0 bridgehead atoms. The summed E-state index contributed by atoms with van der Waals surface area (Å²) >= 11 is 9.53. The van der Waals surface area contributed by atoms with Crippen molar-refractivity contribution in [2.24, 2.45) is 5.10 Å². The molecule has 0 aromatic heterocycles. The second-order valence-electron chi connectivity index (χ2n) is 7.23. The molecule has 0 unspecified atom stereocenters. The first-order valence-corrected chi connectivity index (χ1v) is 11.1. The monoisotopic (exact) mass is 524 g/mol. The molecular formula is C25H22BrClN4O2. The molecule has 33 heavy (non-hydrogen) atoms. The number of carbonyl (C=O) groups is 2. The first-order valence-electron chi connectivity index (χ1n) is 9.97. The van der Waals surface area contributed by atoms with Crippen molar-refractivity contribution in [1.82, 2.24) is 10.7 Å². The predicted molar refractivity (Wildman–Crippen MR) is 138 cm³/mol. The molecule has 0 saturated heterocycles. The first-order chi connectivity index (χ1) is 15.8. The maximum atomic E-state index is 12.9. The van der Waals surface area contributed by atoms with E-state index < -0.39 is 11.8 Å². The summed E-state index contributed by atoms with van der Waals surface area (Å²) in [7, 11) is 3.88. The first kappa shape index (κ1) is 24.2. The van der Waals surface area contributed by atoms with E-state index in [0.29, 0.717) is 0 Å². The summed E-state index contributed by atoms with van der Waals surface area (Å²) in [6.45, 7) is 0. The van der Waals surface area contributed by atoms with Crippen LogP contribution in [-0.4, -0.2) is 32.1 Å². The van der Waals surface area contributed by atoms with Gasteiger partial charge in [0.05, 0.1) is 16.8 Å². The van der Waals surface area contributed by atoms with Crippen LogP contribution in [-0.2, 0) is 4.79 Å². The lowest BCUT2D eigenvalue weighted by atomic mass is 10.1. The van der Waals surface area contributed by atoms with Gasteiger partial charge in [0.15, 0.2) is 0 Å². The summed E-state index contributed by atoms with van der Waals surface area (Å²) in [4.78, 5) is 27.6. The zero-order valence-electron chi connectivity index (χ0n) is 18.0. The van der Waals surface area contributed by atoms with Gasteiger partial charge >= 0.3 is 0 Å². The van der Waals surface area contributed by atoms with Gasteiger partial charge in [-0.05, 0) is 53.6 Å². The van der Waals surface area contributed by atoms with Crippen LogP contribution in [0.3, 0.4) is 0 Å². The van der Waals surface area contributed by atoms with E-state index in [0.717, 1.165) is 21.3 Å². The van der Waals surface area contributed by atoms with Gasteiger partial charge in [-0.1, -0.05) is 63.9 Å². The molecule has 0 aliphatic heterocycles. The fourth-order valence-electron chi connectivity index (χ4n) is 2.84. The normalized spacial score (nSPS) is 11.3. The summed E-state index contributed by atoms with van der Waals surface area (Å²) in [6.07, 6.45) is 3.10. The fourth-order valence-corrected chi connectivity index (χ4v) is 3.48. The molecular weight excluding hydrogens is 504 g/mol. The third kappa shape index (κ3) is 7.03. The molecule has 6 nitrogen and oxygen atoms in total. The maximum absolute atomic E-state index is 12.9. The number of nitrogens with one attached hydrogen (secondary N) is 2. The number of amides is 2. The molecule has 0 saturated carbocycles. The highest BCUT2D eigenvalue weighted by Crippen LogP contribution is 2.17. The number of nitrogens with zero attached hydrogens (tertiary/aromatic N) is 2. The average Bonchev–Trinajstić information content (AvgIpc) is 2.79. The van der Waals surface area contributed by atoms with Gasteiger partial charge in [0, 0.05) is 24.3 Å². The van der Waals surface area contributed by atoms with Crippen molar-refractivity contribution in [3.63, 3.8) is 0 Å². The fraction of sp³-hybridized carbons (Fsp3) is 0.0800. The lowest BCUT2D eigenvalue weighted by Crippen LogP contribution is -2.33. The predicted octanol–water partition coefficient (Wildman–Crippen LogP) is 5.09. The van der Waals surface area contributed by atoms with E-state index in [-0.39, 0.29) is 16.3 Å². The number of hydrogen-bond donors (Lipinski definition) is 2. The van der Waals surface area contributed by atoms with Gasteiger partial charge in [0.25, 0.3) is 11.8 Å². The van der Waals surface area contributed by atoms with E-state index in [9.17, 15) is 9.59 Å². The highest BCUT2D eigenvalue weighted by Gasteiger charge is 2.16. The van der Waals surface area contributed by atoms with Crippen LogP contribution in [0.25, 0.3) is 6.08 Å². The van der Waals surface area contributed by atoms with Crippen molar-refractivity contribution in [3.8, 4) is 0 Å². The Morgan fingerprint density at radius 2 is 1.70 bits per heavy atom. The maximum Gasteiger partial charge on any atom is 0.287 e. The van der Waals surface area contributed by atoms with Crippen molar-refractivity contribution in [3.05, 3.63) is 105 Å². The number of anilines is 1.